The van der Waals surface area contributed by atoms with Gasteiger partial charge in [-0.2, -0.15) is 33.7 Å². The number of urea groups is 4. The van der Waals surface area contributed by atoms with E-state index in [1.54, 1.807) is 115 Å². The zero-order chi connectivity index (χ0) is 90.6. The third-order valence-electron chi connectivity index (χ3n) is 22.1. The number of carbonyl (C=O) groups is 12. The van der Waals surface area contributed by atoms with Crippen LogP contribution >= 0.6 is 0 Å². The number of halogens is 3. The van der Waals surface area contributed by atoms with E-state index in [4.69, 9.17) is 18.9 Å². The van der Waals surface area contributed by atoms with Crippen molar-refractivity contribution in [2.45, 2.75) is 54.5 Å². The van der Waals surface area contributed by atoms with Gasteiger partial charge in [0, 0.05) is 95.5 Å². The number of alkyl halides is 3. The fourth-order valence-corrected chi connectivity index (χ4v) is 15.4. The van der Waals surface area contributed by atoms with Crippen LogP contribution in [0.4, 0.5) is 32.3 Å². The Kier molecular flexibility index (Phi) is 21.3. The lowest BCUT2D eigenvalue weighted by atomic mass is 9.99. The quantitative estimate of drug-likeness (QED) is 0.0604. The van der Waals surface area contributed by atoms with Gasteiger partial charge in [0.25, 0.3) is 47.3 Å². The number of carbonyl (C=O) groups excluding carboxylic acids is 12. The second-order valence-electron chi connectivity index (χ2n) is 30.4. The van der Waals surface area contributed by atoms with Crippen LogP contribution in [0, 0.1) is 47.4 Å². The summed E-state index contributed by atoms with van der Waals surface area (Å²) >= 11 is 0. The summed E-state index contributed by atoms with van der Waals surface area (Å²) in [4.78, 5) is 160. The summed E-state index contributed by atoms with van der Waals surface area (Å²) in [6, 6.07) is 36.9. The van der Waals surface area contributed by atoms with Gasteiger partial charge in [0.05, 0.1) is 71.8 Å². The smallest absolute Gasteiger partial charge is 0.434 e. The first kappa shape index (κ1) is 83.6. The summed E-state index contributed by atoms with van der Waals surface area (Å²) in [5, 5.41) is 45.3. The molecular formula is C88H67F3N22O16. The maximum absolute atomic E-state index is 13.0. The molecule has 646 valence electrons. The molecule has 41 heteroatoms. The molecular weight excluding hydrogens is 1680 g/mol. The number of imide groups is 4. The van der Waals surface area contributed by atoms with Crippen molar-refractivity contribution in [3.63, 3.8) is 0 Å². The molecule has 0 bridgehead atoms. The van der Waals surface area contributed by atoms with Crippen LogP contribution in [-0.4, -0.2) is 218 Å². The van der Waals surface area contributed by atoms with Crippen LogP contribution in [0.5, 0.6) is 23.0 Å². The number of ether oxygens (including phenoxy) is 4. The number of imidazole rings is 1. The highest BCUT2D eigenvalue weighted by molar-refractivity contribution is 6.13. The average molecular weight is 1750 g/mol. The highest BCUT2D eigenvalue weighted by Gasteiger charge is 2.53. The van der Waals surface area contributed by atoms with Crippen molar-refractivity contribution in [1.29, 1.82) is 0 Å². The molecule has 13 heterocycles. The molecule has 8 aliphatic heterocycles. The summed E-state index contributed by atoms with van der Waals surface area (Å²) in [5.74, 6) is 21.6. The van der Waals surface area contributed by atoms with Crippen molar-refractivity contribution < 1.29 is 89.7 Å². The highest BCUT2D eigenvalue weighted by atomic mass is 19.4. The molecule has 129 heavy (non-hydrogen) atoms. The normalized spacial score (nSPS) is 19.5. The molecule has 4 atom stereocenters. The number of pyridine rings is 1. The largest absolute Gasteiger partial charge is 0.497 e. The van der Waals surface area contributed by atoms with Gasteiger partial charge >= 0.3 is 30.3 Å². The molecule has 0 radical (unpaired) electrons. The maximum atomic E-state index is 13.0. The van der Waals surface area contributed by atoms with E-state index >= 15 is 0 Å². The second kappa shape index (κ2) is 32.9. The summed E-state index contributed by atoms with van der Waals surface area (Å²) in [6.45, 7) is 0.605. The van der Waals surface area contributed by atoms with Gasteiger partial charge in [-0.15, -0.1) is 5.10 Å². The van der Waals surface area contributed by atoms with E-state index < -0.39 is 81.8 Å². The van der Waals surface area contributed by atoms with Crippen molar-refractivity contribution in [1.82, 2.24) is 112 Å². The van der Waals surface area contributed by atoms with Crippen LogP contribution in [0.3, 0.4) is 0 Å². The van der Waals surface area contributed by atoms with Gasteiger partial charge in [-0.1, -0.05) is 76.8 Å². The number of aromatic nitrogens is 10. The van der Waals surface area contributed by atoms with Gasteiger partial charge in [0.15, 0.2) is 5.69 Å². The Morgan fingerprint density at radius 3 is 1.19 bits per heavy atom. The first-order valence-electron chi connectivity index (χ1n) is 39.0. The van der Waals surface area contributed by atoms with E-state index in [9.17, 15) is 70.7 Å². The number of aryl methyl sites for hydroxylation is 1. The lowest BCUT2D eigenvalue weighted by molar-refractivity contribution is -0.140. The number of rotatable bonds is 12. The Bertz CT molecular complexity index is 6950. The maximum Gasteiger partial charge on any atom is 0.434 e. The predicted octanol–water partition coefficient (Wildman–Crippen LogP) is 4.22. The molecule has 8 aliphatic rings. The van der Waals surface area contributed by atoms with Gasteiger partial charge in [-0.3, -0.25) is 64.7 Å². The van der Waals surface area contributed by atoms with E-state index in [0.29, 0.717) is 92.6 Å². The Hall–Kier alpha value is -17.6. The molecule has 10 N–H and O–H groups in total. The highest BCUT2D eigenvalue weighted by Crippen LogP contribution is 2.35. The Morgan fingerprint density at radius 2 is 0.791 bits per heavy atom. The topological polar surface area (TPSA) is 469 Å². The Morgan fingerprint density at radius 1 is 0.419 bits per heavy atom. The van der Waals surface area contributed by atoms with E-state index in [2.05, 4.69) is 131 Å². The lowest BCUT2D eigenvalue weighted by Crippen LogP contribution is -2.54. The van der Waals surface area contributed by atoms with Gasteiger partial charge in [-0.25, -0.2) is 28.8 Å². The molecule has 12 aromatic rings. The summed E-state index contributed by atoms with van der Waals surface area (Å²) in [5.41, 5.74) is 3.52. The van der Waals surface area contributed by atoms with E-state index in [1.165, 1.54) is 70.8 Å². The zero-order valence-electron chi connectivity index (χ0n) is 68.2. The fourth-order valence-electron chi connectivity index (χ4n) is 15.4. The number of hydrogen-bond donors (Lipinski definition) is 10. The minimum atomic E-state index is -4.60. The van der Waals surface area contributed by atoms with Crippen LogP contribution < -0.4 is 61.5 Å². The van der Waals surface area contributed by atoms with Crippen LogP contribution in [0.2, 0.25) is 0 Å². The van der Waals surface area contributed by atoms with Crippen molar-refractivity contribution in [3.8, 4) is 70.4 Å². The number of H-pyrrole nitrogens is 2. The number of hydrogen-bond acceptors (Lipinski definition) is 22. The van der Waals surface area contributed by atoms with Crippen molar-refractivity contribution in [2.24, 2.45) is 7.05 Å². The van der Waals surface area contributed by atoms with Crippen LogP contribution in [0.15, 0.2) is 158 Å². The molecule has 4 saturated heterocycles. The number of aromatic amines is 2. The van der Waals surface area contributed by atoms with Gasteiger partial charge < -0.3 is 64.2 Å². The molecule has 4 fully saturated rings. The van der Waals surface area contributed by atoms with E-state index in [0.717, 1.165) is 50.4 Å². The number of benzene rings is 7. The first-order chi connectivity index (χ1) is 61.9. The van der Waals surface area contributed by atoms with Crippen molar-refractivity contribution in [2.75, 3.05) is 54.6 Å². The standard InChI is InChI=1S/C23H16F3N5O4.C22H18N6O4.C22H17N5O4.C21H16N6O4/c1-35-15-4-3-14-10-31(19(32)16(14)8-15)12-22(20(33)28-21(34)29-22)7-6-13-2-5-18-27-17(23(24,25)26)11-30(18)9-13;1-27-18-9-13(3-6-17(18)25-26-27)7-8-22(20(30)23-21(31)24-22)12-28-11-14-4-5-15(32-2)10-16(14)19(28)29;1-31-16-4-3-14-11-27(19(28)17(14)9-16)12-22(20(29)24-21(30)25-22)7-6-13-2-5-18-15(8-13)10-23-26-18;1-31-14-4-3-13-10-27(18(28)15(13)9-14)11-21(19(29)22-20(30)23-21)7-6-12-2-5-16-17(8-12)25-26-24-16/h2-5,8-9,11H,10,12H2,1H3,(H2,28,29,33,34);3-6,9-10H,11-12H2,1-2H3,(H2,23,24,30,31);2-5,8-10H,11-12H2,1H3,(H,23,26)(H2,24,25,29,30);2-5,8-9H,10-11H2,1H3,(H,24,25,26)(H2,22,23,29,30)/t3*22-;21-/m1111/s1. The second-order valence-corrected chi connectivity index (χ2v) is 30.4. The first-order valence-corrected chi connectivity index (χ1v) is 39.0. The minimum Gasteiger partial charge on any atom is -0.497 e. The molecule has 38 nitrogen and oxygen atoms in total. The molecule has 0 spiro atoms. The summed E-state index contributed by atoms with van der Waals surface area (Å²) < 4.78 is 62.4. The lowest BCUT2D eigenvalue weighted by Gasteiger charge is -2.26. The molecule has 16 amide bonds. The summed E-state index contributed by atoms with van der Waals surface area (Å²) in [6.07, 6.45) is -0.766. The molecule has 0 saturated carbocycles. The summed E-state index contributed by atoms with van der Waals surface area (Å²) in [7, 11) is 7.83. The van der Waals surface area contributed by atoms with Crippen LogP contribution in [-0.2, 0) is 58.6 Å². The third-order valence-corrected chi connectivity index (χ3v) is 22.1. The van der Waals surface area contributed by atoms with Gasteiger partial charge in [0.1, 0.15) is 45.2 Å². The number of amides is 16. The van der Waals surface area contributed by atoms with Crippen LogP contribution in [0.1, 0.15) is 91.6 Å². The third kappa shape index (κ3) is 16.4. The Labute approximate surface area is 725 Å². The predicted molar refractivity (Wildman–Crippen MR) is 445 cm³/mol. The van der Waals surface area contributed by atoms with E-state index in [-0.39, 0.29) is 67.6 Å². The molecule has 5 aromatic heterocycles. The fraction of sp³-hybridized carbons (Fsp3) is 0.205. The van der Waals surface area contributed by atoms with Crippen molar-refractivity contribution >= 4 is 110 Å². The SMILES string of the molecule is COc1ccc2c(c1)C(=O)N(C[C@@]1(C#Cc3ccc4[nH]ncc4c3)NC(=O)NC1=O)C2.COc1ccc2c(c1)C(=O)N(C[C@@]1(C#Cc3ccc4n[nH]nc4c3)NC(=O)NC1=O)C2.COc1ccc2c(c1)C(=O)N(C[C@@]1(C#Cc3ccc4nc(C(F)(F)F)cn4c3)NC(=O)NC1=O)C2.COc1ccc2c(c1)C(=O)N(C[C@@]1(C#Cc3ccc4nnn(C)c4c3)NC(=O)NC1=O)C2. The van der Waals surface area contributed by atoms with Crippen molar-refractivity contribution in [3.05, 3.63) is 231 Å². The zero-order valence-corrected chi connectivity index (χ0v) is 68.2. The number of nitrogens with one attached hydrogen (secondary N) is 10. The molecule has 7 aromatic carbocycles. The van der Waals surface area contributed by atoms with Gasteiger partial charge in [0.2, 0.25) is 22.2 Å². The minimum absolute atomic E-state index is 0.0698. The molecule has 0 unspecified atom stereocenters. The molecule has 0 aliphatic carbocycles. The van der Waals surface area contributed by atoms with E-state index in [1.807, 2.05) is 30.3 Å². The number of methoxy groups -OCH3 is 4. The van der Waals surface area contributed by atoms with Gasteiger partial charge in [-0.05, 0) is 138 Å². The van der Waals surface area contributed by atoms with Crippen LogP contribution in [0.25, 0.3) is 38.6 Å². The number of nitrogens with zero attached hydrogens (tertiary/aromatic N) is 12. The monoisotopic (exact) mass is 1740 g/mol. The average Bonchev–Trinajstić information content (AvgIpc) is 1.62. The Balaban J connectivity index is 0.000000121. The molecule has 20 rings (SSSR count). The number of fused-ring (bicyclic) bond motifs is 8.